The van der Waals surface area contributed by atoms with Gasteiger partial charge in [-0.15, -0.1) is 0 Å². The molecule has 0 saturated carbocycles. The molecule has 0 bridgehead atoms. The molecular formula is C12H18ClNO3. The molecule has 1 atom stereocenters. The summed E-state index contributed by atoms with van der Waals surface area (Å²) in [5.41, 5.74) is 0.901. The molecule has 96 valence electrons. The van der Waals surface area contributed by atoms with Crippen molar-refractivity contribution in [3.63, 3.8) is 0 Å². The Balaban J connectivity index is 2.74. The van der Waals surface area contributed by atoms with Crippen molar-refractivity contribution in [3.05, 3.63) is 23.2 Å². The monoisotopic (exact) mass is 259 g/mol. The lowest BCUT2D eigenvalue weighted by atomic mass is 10.2. The minimum Gasteiger partial charge on any atom is -0.495 e. The fraction of sp³-hybridized carbons (Fsp3) is 0.500. The van der Waals surface area contributed by atoms with Crippen LogP contribution in [-0.4, -0.2) is 33.7 Å². The van der Waals surface area contributed by atoms with E-state index in [2.05, 4.69) is 5.32 Å². The number of hydrogen-bond acceptors (Lipinski definition) is 4. The molecule has 1 N–H and O–H groups in total. The first-order chi connectivity index (χ1) is 8.12. The molecule has 4 nitrogen and oxygen atoms in total. The lowest BCUT2D eigenvalue weighted by Gasteiger charge is -2.23. The molecule has 0 saturated heterocycles. The molecule has 1 aromatic rings. The molecule has 0 aliphatic carbocycles. The molecule has 0 spiro atoms. The summed E-state index contributed by atoms with van der Waals surface area (Å²) in [7, 11) is 4.80. The quantitative estimate of drug-likeness (QED) is 0.798. The van der Waals surface area contributed by atoms with Crippen LogP contribution in [0.15, 0.2) is 18.2 Å². The lowest BCUT2D eigenvalue weighted by molar-refractivity contribution is -0.109. The van der Waals surface area contributed by atoms with E-state index in [4.69, 9.17) is 25.8 Å². The van der Waals surface area contributed by atoms with E-state index in [1.807, 2.05) is 19.1 Å². The summed E-state index contributed by atoms with van der Waals surface area (Å²) >= 11 is 5.95. The van der Waals surface area contributed by atoms with Gasteiger partial charge >= 0.3 is 0 Å². The van der Waals surface area contributed by atoms with Crippen molar-refractivity contribution in [2.75, 3.05) is 26.6 Å². The summed E-state index contributed by atoms with van der Waals surface area (Å²) in [4.78, 5) is 0. The third-order valence-corrected chi connectivity index (χ3v) is 2.73. The van der Waals surface area contributed by atoms with E-state index < -0.39 is 0 Å². The molecule has 5 heteroatoms. The van der Waals surface area contributed by atoms with E-state index in [9.17, 15) is 0 Å². The van der Waals surface area contributed by atoms with E-state index in [-0.39, 0.29) is 12.3 Å². The fourth-order valence-electron chi connectivity index (χ4n) is 1.58. The molecule has 0 aromatic heterocycles. The molecule has 0 fully saturated rings. The Labute approximate surface area is 107 Å². The summed E-state index contributed by atoms with van der Waals surface area (Å²) in [5, 5.41) is 3.84. The van der Waals surface area contributed by atoms with Crippen LogP contribution >= 0.6 is 11.6 Å². The van der Waals surface area contributed by atoms with Gasteiger partial charge in [-0.2, -0.15) is 0 Å². The van der Waals surface area contributed by atoms with Crippen LogP contribution in [0.2, 0.25) is 5.02 Å². The molecule has 0 amide bonds. The summed E-state index contributed by atoms with van der Waals surface area (Å²) in [6.07, 6.45) is -0.309. The van der Waals surface area contributed by atoms with Crippen LogP contribution in [0, 0.1) is 0 Å². The predicted molar refractivity (Wildman–Crippen MR) is 68.9 cm³/mol. The Morgan fingerprint density at radius 1 is 1.18 bits per heavy atom. The minimum atomic E-state index is -0.309. The van der Waals surface area contributed by atoms with Gasteiger partial charge in [0.1, 0.15) is 5.75 Å². The lowest BCUT2D eigenvalue weighted by Crippen LogP contribution is -2.33. The molecule has 1 aromatic carbocycles. The average Bonchev–Trinajstić information content (AvgIpc) is 2.33. The number of halogens is 1. The van der Waals surface area contributed by atoms with Crippen LogP contribution in [0.3, 0.4) is 0 Å². The van der Waals surface area contributed by atoms with Crippen molar-refractivity contribution in [1.29, 1.82) is 0 Å². The van der Waals surface area contributed by atoms with E-state index in [1.165, 1.54) is 0 Å². The summed E-state index contributed by atoms with van der Waals surface area (Å²) in [5.74, 6) is 0.634. The van der Waals surface area contributed by atoms with Gasteiger partial charge in [0.25, 0.3) is 0 Å². The Kier molecular flexibility index (Phi) is 5.55. The first-order valence-corrected chi connectivity index (χ1v) is 5.65. The first kappa shape index (κ1) is 14.1. The van der Waals surface area contributed by atoms with Gasteiger partial charge in [0.05, 0.1) is 18.2 Å². The second-order valence-electron chi connectivity index (χ2n) is 3.62. The van der Waals surface area contributed by atoms with Gasteiger partial charge in [-0.3, -0.25) is 0 Å². The molecule has 0 radical (unpaired) electrons. The van der Waals surface area contributed by atoms with Gasteiger partial charge in [0, 0.05) is 26.0 Å². The smallest absolute Gasteiger partial charge is 0.176 e. The molecular weight excluding hydrogens is 242 g/mol. The largest absolute Gasteiger partial charge is 0.495 e. The van der Waals surface area contributed by atoms with Crippen LogP contribution in [0.5, 0.6) is 5.75 Å². The van der Waals surface area contributed by atoms with E-state index >= 15 is 0 Å². The molecule has 0 aliphatic heterocycles. The highest BCUT2D eigenvalue weighted by Crippen LogP contribution is 2.27. The van der Waals surface area contributed by atoms with Gasteiger partial charge in [-0.05, 0) is 19.1 Å². The molecule has 0 heterocycles. The van der Waals surface area contributed by atoms with Crippen LogP contribution in [0.1, 0.15) is 6.92 Å². The predicted octanol–water partition coefficient (Wildman–Crippen LogP) is 2.77. The van der Waals surface area contributed by atoms with Gasteiger partial charge in [-0.25, -0.2) is 0 Å². The molecule has 0 aliphatic rings. The number of rotatable bonds is 6. The number of nitrogens with one attached hydrogen (secondary N) is 1. The highest BCUT2D eigenvalue weighted by molar-refractivity contribution is 6.32. The summed E-state index contributed by atoms with van der Waals surface area (Å²) < 4.78 is 15.5. The maximum atomic E-state index is 5.95. The SMILES string of the molecule is COc1cc(NC(C)C(OC)OC)ccc1Cl. The number of ether oxygens (including phenoxy) is 3. The molecule has 1 rings (SSSR count). The maximum Gasteiger partial charge on any atom is 0.176 e. The molecule has 1 unspecified atom stereocenters. The van der Waals surface area contributed by atoms with Gasteiger partial charge in [-0.1, -0.05) is 11.6 Å². The van der Waals surface area contributed by atoms with Crippen molar-refractivity contribution in [2.45, 2.75) is 19.3 Å². The van der Waals surface area contributed by atoms with E-state index in [1.54, 1.807) is 27.4 Å². The maximum absolute atomic E-state index is 5.95. The van der Waals surface area contributed by atoms with Crippen molar-refractivity contribution in [3.8, 4) is 5.75 Å². The zero-order valence-electron chi connectivity index (χ0n) is 10.5. The number of methoxy groups -OCH3 is 3. The number of benzene rings is 1. The minimum absolute atomic E-state index is 0.0101. The standard InChI is InChI=1S/C12H18ClNO3/c1-8(12(16-3)17-4)14-9-5-6-10(13)11(7-9)15-2/h5-8,12,14H,1-4H3. The Bertz CT molecular complexity index is 356. The Morgan fingerprint density at radius 3 is 2.35 bits per heavy atom. The highest BCUT2D eigenvalue weighted by Gasteiger charge is 2.15. The van der Waals surface area contributed by atoms with Crippen molar-refractivity contribution in [1.82, 2.24) is 0 Å². The van der Waals surface area contributed by atoms with Crippen molar-refractivity contribution in [2.24, 2.45) is 0 Å². The van der Waals surface area contributed by atoms with Crippen LogP contribution in [-0.2, 0) is 9.47 Å². The van der Waals surface area contributed by atoms with Gasteiger partial charge in [0.15, 0.2) is 6.29 Å². The normalized spacial score (nSPS) is 12.6. The van der Waals surface area contributed by atoms with Crippen LogP contribution < -0.4 is 10.1 Å². The summed E-state index contributed by atoms with van der Waals surface area (Å²) in [6, 6.07) is 5.51. The van der Waals surface area contributed by atoms with Gasteiger partial charge in [0.2, 0.25) is 0 Å². The second-order valence-corrected chi connectivity index (χ2v) is 4.03. The Morgan fingerprint density at radius 2 is 1.82 bits per heavy atom. The molecule has 17 heavy (non-hydrogen) atoms. The van der Waals surface area contributed by atoms with Crippen LogP contribution in [0.25, 0.3) is 0 Å². The first-order valence-electron chi connectivity index (χ1n) is 5.28. The van der Waals surface area contributed by atoms with E-state index in [0.29, 0.717) is 10.8 Å². The highest BCUT2D eigenvalue weighted by atomic mass is 35.5. The summed E-state index contributed by atoms with van der Waals surface area (Å²) in [6.45, 7) is 1.97. The average molecular weight is 260 g/mol. The number of hydrogen-bond donors (Lipinski definition) is 1. The zero-order valence-corrected chi connectivity index (χ0v) is 11.2. The van der Waals surface area contributed by atoms with Crippen molar-refractivity contribution >= 4 is 17.3 Å². The third-order valence-electron chi connectivity index (χ3n) is 2.42. The zero-order chi connectivity index (χ0) is 12.8. The van der Waals surface area contributed by atoms with Crippen molar-refractivity contribution < 1.29 is 14.2 Å². The number of anilines is 1. The fourth-order valence-corrected chi connectivity index (χ4v) is 1.78. The Hall–Kier alpha value is -0.970. The van der Waals surface area contributed by atoms with Gasteiger partial charge < -0.3 is 19.5 Å². The van der Waals surface area contributed by atoms with Crippen LogP contribution in [0.4, 0.5) is 5.69 Å². The second kappa shape index (κ2) is 6.69. The topological polar surface area (TPSA) is 39.7 Å². The van der Waals surface area contributed by atoms with E-state index in [0.717, 1.165) is 5.69 Å². The third kappa shape index (κ3) is 3.77.